The molecular weight excluding hydrogens is 841 g/mol. The maximum atomic E-state index is 9.41. The summed E-state index contributed by atoms with van der Waals surface area (Å²) in [5, 5.41) is 4.41. The first kappa shape index (κ1) is 31.7. The van der Waals surface area contributed by atoms with Gasteiger partial charge in [0.15, 0.2) is 0 Å². The van der Waals surface area contributed by atoms with Crippen LogP contribution in [0.15, 0.2) is 230 Å². The predicted molar refractivity (Wildman–Crippen MR) is 298 cm³/mol. The summed E-state index contributed by atoms with van der Waals surface area (Å²) in [6, 6.07) is 54.9. The molecule has 70 heavy (non-hydrogen) atoms. The van der Waals surface area contributed by atoms with Crippen molar-refractivity contribution in [1.29, 1.82) is 0 Å². The van der Waals surface area contributed by atoms with E-state index in [0.29, 0.717) is 21.9 Å². The average Bonchev–Trinajstić information content (AvgIpc) is 3.98. The number of hydrogen-bond acceptors (Lipinski definition) is 0. The van der Waals surface area contributed by atoms with E-state index >= 15 is 0 Å². The second-order valence-electron chi connectivity index (χ2n) is 20.0. The molecule has 0 heterocycles. The van der Waals surface area contributed by atoms with Gasteiger partial charge in [-0.25, -0.2) is 0 Å². The normalized spacial score (nSPS) is 15.9. The quantitative estimate of drug-likeness (QED) is 0.146. The summed E-state index contributed by atoms with van der Waals surface area (Å²) in [7, 11) is 0. The molecule has 0 saturated carbocycles. The third-order valence-corrected chi connectivity index (χ3v) is 15.6. The topological polar surface area (TPSA) is 0 Å². The molecule has 330 valence electrons. The van der Waals surface area contributed by atoms with Gasteiger partial charge in [-0.2, -0.15) is 0 Å². The Bertz CT molecular complexity index is 4660. The van der Waals surface area contributed by atoms with E-state index < -0.39 is 36.3 Å². The van der Waals surface area contributed by atoms with Gasteiger partial charge in [0.1, 0.15) is 0 Å². The van der Waals surface area contributed by atoms with Gasteiger partial charge >= 0.3 is 0 Å². The van der Waals surface area contributed by atoms with Crippen molar-refractivity contribution in [3.63, 3.8) is 0 Å². The molecule has 12 aromatic rings. The molecule has 12 aromatic carbocycles. The first-order valence-electron chi connectivity index (χ1n) is 29.0. The van der Waals surface area contributed by atoms with Crippen molar-refractivity contribution in [2.75, 3.05) is 0 Å². The Labute approximate surface area is 424 Å². The first-order valence-corrected chi connectivity index (χ1v) is 24.0. The number of rotatable bonds is 6. The van der Waals surface area contributed by atoms with Crippen molar-refractivity contribution in [1.82, 2.24) is 0 Å². The van der Waals surface area contributed by atoms with Crippen LogP contribution in [0.3, 0.4) is 0 Å². The smallest absolute Gasteiger partial charge is 0.0622 e. The van der Waals surface area contributed by atoms with Gasteiger partial charge in [-0.05, 0) is 174 Å². The van der Waals surface area contributed by atoms with E-state index in [1.165, 1.54) is 44.5 Å². The van der Waals surface area contributed by atoms with E-state index in [9.17, 15) is 5.48 Å². The SMILES string of the molecule is [2H]c1c([2H])c([2H])c(-c2cc(-c3cccc(-c4ccc5c(c4)-c4ccccc4C5(C)C)c3)c3ccc4c(-c5c([2H])c([2H])c([2H])c([2H])c5[2H])cc(-c5cccc(-c6cccc7c6-c6ccccc6C7(C)C)c5)c5ccc2c3c54)c([2H])c1[2H]. The van der Waals surface area contributed by atoms with Crippen LogP contribution in [0.25, 0.3) is 121 Å². The van der Waals surface area contributed by atoms with Crippen molar-refractivity contribution in [2.24, 2.45) is 0 Å². The molecule has 0 radical (unpaired) electrons. The van der Waals surface area contributed by atoms with Crippen LogP contribution < -0.4 is 0 Å². The Kier molecular flexibility index (Phi) is 6.83. The molecular formula is C70H50. The molecule has 0 nitrogen and oxygen atoms in total. The second kappa shape index (κ2) is 15.1. The van der Waals surface area contributed by atoms with E-state index in [-0.39, 0.29) is 46.1 Å². The zero-order valence-electron chi connectivity index (χ0n) is 49.2. The van der Waals surface area contributed by atoms with Crippen molar-refractivity contribution in [3.05, 3.63) is 253 Å². The first-order chi connectivity index (χ1) is 38.4. The van der Waals surface area contributed by atoms with Crippen molar-refractivity contribution in [2.45, 2.75) is 38.5 Å². The molecule has 0 spiro atoms. The van der Waals surface area contributed by atoms with Crippen LogP contribution in [0.5, 0.6) is 0 Å². The van der Waals surface area contributed by atoms with Gasteiger partial charge in [0, 0.05) is 10.8 Å². The Morgan fingerprint density at radius 3 is 1.26 bits per heavy atom. The van der Waals surface area contributed by atoms with E-state index in [1.807, 2.05) is 54.6 Å². The van der Waals surface area contributed by atoms with Crippen LogP contribution in [-0.4, -0.2) is 0 Å². The molecule has 0 amide bonds. The van der Waals surface area contributed by atoms with Gasteiger partial charge in [0.05, 0.1) is 13.7 Å². The van der Waals surface area contributed by atoms with E-state index in [1.54, 1.807) is 0 Å². The van der Waals surface area contributed by atoms with Crippen LogP contribution in [0, 0.1) is 0 Å². The zero-order valence-corrected chi connectivity index (χ0v) is 39.2. The van der Waals surface area contributed by atoms with Gasteiger partial charge in [-0.3, -0.25) is 0 Å². The maximum Gasteiger partial charge on any atom is 0.0629 e. The number of benzene rings is 12. The summed E-state index contributed by atoms with van der Waals surface area (Å²) >= 11 is 0. The lowest BCUT2D eigenvalue weighted by Gasteiger charge is -2.22. The summed E-state index contributed by atoms with van der Waals surface area (Å²) < 4.78 is 90.4. The minimum absolute atomic E-state index is 0.0603. The maximum absolute atomic E-state index is 9.41. The van der Waals surface area contributed by atoms with Crippen LogP contribution in [0.1, 0.15) is 63.7 Å². The zero-order chi connectivity index (χ0) is 55.6. The lowest BCUT2D eigenvalue weighted by molar-refractivity contribution is 0.660. The van der Waals surface area contributed by atoms with E-state index in [4.69, 9.17) is 8.22 Å². The van der Waals surface area contributed by atoms with Crippen molar-refractivity contribution in [3.8, 4) is 89.0 Å². The van der Waals surface area contributed by atoms with Crippen LogP contribution >= 0.6 is 0 Å². The second-order valence-corrected chi connectivity index (χ2v) is 20.0. The molecule has 0 heteroatoms. The molecule has 0 fully saturated rings. The molecule has 0 N–H and O–H groups in total. The highest BCUT2D eigenvalue weighted by Crippen LogP contribution is 2.54. The highest BCUT2D eigenvalue weighted by atomic mass is 14.4. The number of fused-ring (bicyclic) bond motifs is 6. The molecule has 0 saturated heterocycles. The molecule has 2 aliphatic rings. The van der Waals surface area contributed by atoms with Crippen LogP contribution in [-0.2, 0) is 10.8 Å². The minimum atomic E-state index is -0.488. The fourth-order valence-corrected chi connectivity index (χ4v) is 12.3. The van der Waals surface area contributed by atoms with E-state index in [2.05, 4.69) is 143 Å². The summed E-state index contributed by atoms with van der Waals surface area (Å²) in [5.41, 5.74) is 17.8. The van der Waals surface area contributed by atoms with Crippen molar-refractivity contribution < 1.29 is 13.7 Å². The summed E-state index contributed by atoms with van der Waals surface area (Å²) in [5.74, 6) is 0. The standard InChI is InChI=1S/C70H50/c1-69(2)62-29-13-11-26-51(62)61-40-46(32-37-64(61)69)45-22-15-24-48(38-45)59-41-57(43-18-7-5-8-19-43)52-34-36-55-60(42-58(44-20-9-6-10-21-44)53-33-35-54(59)67(52)68(53)55)49-25-16-23-47(39-49)50-28-17-31-65-66(50)56-27-12-14-30-63(56)70(65,3)4/h5-42H,1-4H3/i5D,6D,7D,8D,9D,10D,18D,19D,20D,21D. The van der Waals surface area contributed by atoms with Gasteiger partial charge in [0.25, 0.3) is 0 Å². The summed E-state index contributed by atoms with van der Waals surface area (Å²) in [4.78, 5) is 0. The third kappa shape index (κ3) is 5.90. The molecule has 2 aliphatic carbocycles. The molecule has 0 atom stereocenters. The largest absolute Gasteiger partial charge is 0.0629 e. The summed E-state index contributed by atoms with van der Waals surface area (Å²) in [6.45, 7) is 9.06. The third-order valence-electron chi connectivity index (χ3n) is 15.6. The fourth-order valence-electron chi connectivity index (χ4n) is 12.3. The minimum Gasteiger partial charge on any atom is -0.0622 e. The molecule has 14 rings (SSSR count). The lowest BCUT2D eigenvalue weighted by Crippen LogP contribution is -2.14. The van der Waals surface area contributed by atoms with Gasteiger partial charge in [-0.1, -0.05) is 228 Å². The monoisotopic (exact) mass is 900 g/mol. The Hall–Kier alpha value is -8.32. The predicted octanol–water partition coefficient (Wildman–Crippen LogP) is 19.2. The van der Waals surface area contributed by atoms with E-state index in [0.717, 1.165) is 66.1 Å². The Morgan fingerprint density at radius 1 is 0.271 bits per heavy atom. The average molecular weight is 901 g/mol. The van der Waals surface area contributed by atoms with Crippen molar-refractivity contribution >= 4 is 32.3 Å². The van der Waals surface area contributed by atoms with Gasteiger partial charge < -0.3 is 0 Å². The van der Waals surface area contributed by atoms with Crippen LogP contribution in [0.2, 0.25) is 0 Å². The Morgan fingerprint density at radius 2 is 0.671 bits per heavy atom. The Balaban J connectivity index is 1.07. The molecule has 0 aliphatic heterocycles. The fraction of sp³-hybridized carbons (Fsp3) is 0.0857. The van der Waals surface area contributed by atoms with Gasteiger partial charge in [0.2, 0.25) is 0 Å². The van der Waals surface area contributed by atoms with Gasteiger partial charge in [-0.15, -0.1) is 0 Å². The van der Waals surface area contributed by atoms with Crippen LogP contribution in [0.4, 0.5) is 0 Å². The lowest BCUT2D eigenvalue weighted by atomic mass is 9.81. The molecule has 0 bridgehead atoms. The highest BCUT2D eigenvalue weighted by Gasteiger charge is 2.37. The number of hydrogen-bond donors (Lipinski definition) is 0. The highest BCUT2D eigenvalue weighted by molar-refractivity contribution is 6.32. The molecule has 0 aromatic heterocycles. The molecule has 0 unspecified atom stereocenters. The summed E-state index contributed by atoms with van der Waals surface area (Å²) in [6.07, 6.45) is 0.